The zero-order valence-corrected chi connectivity index (χ0v) is 14.2. The van der Waals surface area contributed by atoms with Gasteiger partial charge in [0.2, 0.25) is 5.91 Å². The molecule has 1 heterocycles. The molecule has 0 radical (unpaired) electrons. The van der Waals surface area contributed by atoms with E-state index in [1.54, 1.807) is 0 Å². The smallest absolute Gasteiger partial charge is 0.230 e. The summed E-state index contributed by atoms with van der Waals surface area (Å²) in [5.74, 6) is 1.09. The number of hydrogen-bond donors (Lipinski definition) is 2. The van der Waals surface area contributed by atoms with Crippen LogP contribution in [0.4, 0.5) is 0 Å². The Labute approximate surface area is 144 Å². The minimum absolute atomic E-state index is 0.0340. The summed E-state index contributed by atoms with van der Waals surface area (Å²) in [5, 5.41) is 3.60. The number of fused-ring (bicyclic) bond motifs is 1. The van der Waals surface area contributed by atoms with Crippen molar-refractivity contribution in [2.45, 2.75) is 12.1 Å². The van der Waals surface area contributed by atoms with Gasteiger partial charge in [0.1, 0.15) is 12.4 Å². The van der Waals surface area contributed by atoms with Gasteiger partial charge < -0.3 is 15.0 Å². The van der Waals surface area contributed by atoms with Crippen LogP contribution >= 0.6 is 11.8 Å². The molecule has 3 rings (SSSR count). The third-order valence-corrected chi connectivity index (χ3v) is 4.27. The van der Waals surface area contributed by atoms with Gasteiger partial charge >= 0.3 is 0 Å². The minimum Gasteiger partial charge on any atom is -0.492 e. The van der Waals surface area contributed by atoms with Gasteiger partial charge in [0, 0.05) is 0 Å². The third-order valence-electron chi connectivity index (χ3n) is 3.39. The lowest BCUT2D eigenvalue weighted by Gasteiger charge is -2.07. The number of thioether (sulfide) groups is 1. The van der Waals surface area contributed by atoms with Crippen LogP contribution in [0.5, 0.6) is 5.75 Å². The fraction of sp³-hybridized carbons (Fsp3) is 0.222. The van der Waals surface area contributed by atoms with Crippen LogP contribution in [-0.4, -0.2) is 34.8 Å². The van der Waals surface area contributed by atoms with Crippen LogP contribution in [0.25, 0.3) is 11.0 Å². The van der Waals surface area contributed by atoms with E-state index in [0.717, 1.165) is 21.9 Å². The number of amides is 1. The molecule has 24 heavy (non-hydrogen) atoms. The van der Waals surface area contributed by atoms with E-state index in [0.29, 0.717) is 18.9 Å². The number of ether oxygens (including phenoxy) is 1. The number of benzene rings is 2. The number of nitrogens with zero attached hydrogens (tertiary/aromatic N) is 1. The van der Waals surface area contributed by atoms with Gasteiger partial charge in [-0.2, -0.15) is 0 Å². The largest absolute Gasteiger partial charge is 0.492 e. The van der Waals surface area contributed by atoms with Crippen LogP contribution < -0.4 is 10.1 Å². The Morgan fingerprint density at radius 1 is 1.25 bits per heavy atom. The summed E-state index contributed by atoms with van der Waals surface area (Å²) < 4.78 is 5.53. The molecule has 0 bridgehead atoms. The number of para-hydroxylation sites is 1. The molecular formula is C18H19N3O2S. The summed E-state index contributed by atoms with van der Waals surface area (Å²) in [4.78, 5) is 19.6. The van der Waals surface area contributed by atoms with E-state index in [2.05, 4.69) is 15.3 Å². The second-order valence-corrected chi connectivity index (χ2v) is 6.33. The Bertz CT molecular complexity index is 818. The minimum atomic E-state index is -0.0340. The molecule has 2 N–H and O–H groups in total. The van der Waals surface area contributed by atoms with Gasteiger partial charge in [-0.15, -0.1) is 0 Å². The Morgan fingerprint density at radius 2 is 2.08 bits per heavy atom. The maximum Gasteiger partial charge on any atom is 0.230 e. The highest BCUT2D eigenvalue weighted by Gasteiger charge is 2.07. The molecule has 0 fully saturated rings. The molecule has 124 valence electrons. The van der Waals surface area contributed by atoms with E-state index in [1.165, 1.54) is 17.3 Å². The van der Waals surface area contributed by atoms with Crippen LogP contribution in [0.2, 0.25) is 0 Å². The van der Waals surface area contributed by atoms with Gasteiger partial charge in [-0.1, -0.05) is 36.0 Å². The molecule has 5 nitrogen and oxygen atoms in total. The van der Waals surface area contributed by atoms with Gasteiger partial charge in [0.05, 0.1) is 23.3 Å². The molecule has 0 aliphatic rings. The zero-order valence-electron chi connectivity index (χ0n) is 13.4. The number of H-pyrrole nitrogens is 1. The maximum atomic E-state index is 11.9. The molecule has 0 aliphatic heterocycles. The molecule has 2 aromatic carbocycles. The predicted molar refractivity (Wildman–Crippen MR) is 96.5 cm³/mol. The van der Waals surface area contributed by atoms with Gasteiger partial charge in [-0.25, -0.2) is 4.98 Å². The highest BCUT2D eigenvalue weighted by Crippen LogP contribution is 2.20. The molecule has 0 spiro atoms. The first-order chi connectivity index (χ1) is 11.7. The third kappa shape index (κ3) is 4.52. The van der Waals surface area contributed by atoms with Gasteiger partial charge in [0.15, 0.2) is 5.16 Å². The lowest BCUT2D eigenvalue weighted by molar-refractivity contribution is -0.118. The number of carbonyl (C=O) groups excluding carboxylic acids is 1. The van der Waals surface area contributed by atoms with Crippen LogP contribution in [0.15, 0.2) is 53.7 Å². The summed E-state index contributed by atoms with van der Waals surface area (Å²) in [5.41, 5.74) is 3.09. The SMILES string of the molecule is Cc1ccc2nc(SCC(=O)NCCOc3ccccc3)[nH]c2c1. The number of aromatic amines is 1. The van der Waals surface area contributed by atoms with Crippen molar-refractivity contribution >= 4 is 28.7 Å². The summed E-state index contributed by atoms with van der Waals surface area (Å²) >= 11 is 1.40. The van der Waals surface area contributed by atoms with Crippen molar-refractivity contribution < 1.29 is 9.53 Å². The highest BCUT2D eigenvalue weighted by atomic mass is 32.2. The quantitative estimate of drug-likeness (QED) is 0.512. The van der Waals surface area contributed by atoms with Crippen LogP contribution in [0, 0.1) is 6.92 Å². The summed E-state index contributed by atoms with van der Waals surface area (Å²) in [6.45, 7) is 2.97. The number of imidazole rings is 1. The monoisotopic (exact) mass is 341 g/mol. The molecule has 0 atom stereocenters. The summed E-state index contributed by atoms with van der Waals surface area (Å²) in [6.07, 6.45) is 0. The van der Waals surface area contributed by atoms with E-state index in [1.807, 2.05) is 55.5 Å². The van der Waals surface area contributed by atoms with Crippen molar-refractivity contribution in [1.82, 2.24) is 15.3 Å². The standard InChI is InChI=1S/C18H19N3O2S/c1-13-7-8-15-16(11-13)21-18(20-15)24-12-17(22)19-9-10-23-14-5-3-2-4-6-14/h2-8,11H,9-10,12H2,1H3,(H,19,22)(H,20,21). The first-order valence-corrected chi connectivity index (χ1v) is 8.73. The molecule has 6 heteroatoms. The fourth-order valence-corrected chi connectivity index (χ4v) is 2.94. The normalized spacial score (nSPS) is 10.7. The van der Waals surface area contributed by atoms with E-state index < -0.39 is 0 Å². The molecule has 0 saturated heterocycles. The van der Waals surface area contributed by atoms with Crippen molar-refractivity contribution in [3.8, 4) is 5.75 Å². The Balaban J connectivity index is 1.40. The number of carbonyl (C=O) groups is 1. The molecule has 1 amide bonds. The number of rotatable bonds is 7. The van der Waals surface area contributed by atoms with Crippen LogP contribution in [0.3, 0.4) is 0 Å². The Morgan fingerprint density at radius 3 is 2.92 bits per heavy atom. The first-order valence-electron chi connectivity index (χ1n) is 7.74. The van der Waals surface area contributed by atoms with Gasteiger partial charge in [-0.05, 0) is 36.8 Å². The molecule has 3 aromatic rings. The number of hydrogen-bond acceptors (Lipinski definition) is 4. The van der Waals surface area contributed by atoms with E-state index >= 15 is 0 Å². The molecule has 1 aromatic heterocycles. The summed E-state index contributed by atoms with van der Waals surface area (Å²) in [6, 6.07) is 15.6. The lowest BCUT2D eigenvalue weighted by atomic mass is 10.2. The van der Waals surface area contributed by atoms with E-state index in [-0.39, 0.29) is 5.91 Å². The average Bonchev–Trinajstić information content (AvgIpc) is 3.00. The predicted octanol–water partition coefficient (Wildman–Crippen LogP) is 3.16. The second kappa shape index (κ2) is 7.88. The highest BCUT2D eigenvalue weighted by molar-refractivity contribution is 7.99. The zero-order chi connectivity index (χ0) is 16.8. The Kier molecular flexibility index (Phi) is 5.38. The molecular weight excluding hydrogens is 322 g/mol. The van der Waals surface area contributed by atoms with Crippen LogP contribution in [0.1, 0.15) is 5.56 Å². The molecule has 0 unspecified atom stereocenters. The number of nitrogens with one attached hydrogen (secondary N) is 2. The number of aryl methyl sites for hydroxylation is 1. The van der Waals surface area contributed by atoms with Gasteiger partial charge in [-0.3, -0.25) is 4.79 Å². The van der Waals surface area contributed by atoms with Crippen molar-refractivity contribution in [2.75, 3.05) is 18.9 Å². The Hall–Kier alpha value is -2.47. The molecule has 0 saturated carbocycles. The average molecular weight is 341 g/mol. The van der Waals surface area contributed by atoms with Crippen LogP contribution in [-0.2, 0) is 4.79 Å². The lowest BCUT2D eigenvalue weighted by Crippen LogP contribution is -2.29. The van der Waals surface area contributed by atoms with Crippen molar-refractivity contribution in [3.63, 3.8) is 0 Å². The molecule has 0 aliphatic carbocycles. The van der Waals surface area contributed by atoms with Crippen molar-refractivity contribution in [2.24, 2.45) is 0 Å². The van der Waals surface area contributed by atoms with E-state index in [4.69, 9.17) is 4.74 Å². The fourth-order valence-electron chi connectivity index (χ4n) is 2.23. The number of aromatic nitrogens is 2. The van der Waals surface area contributed by atoms with Gasteiger partial charge in [0.25, 0.3) is 0 Å². The summed E-state index contributed by atoms with van der Waals surface area (Å²) in [7, 11) is 0. The topological polar surface area (TPSA) is 67.0 Å². The van der Waals surface area contributed by atoms with Crippen molar-refractivity contribution in [1.29, 1.82) is 0 Å². The second-order valence-electron chi connectivity index (χ2n) is 5.36. The van der Waals surface area contributed by atoms with Crippen molar-refractivity contribution in [3.05, 3.63) is 54.1 Å². The maximum absolute atomic E-state index is 11.9. The first kappa shape index (κ1) is 16.4. The van der Waals surface area contributed by atoms with E-state index in [9.17, 15) is 4.79 Å².